The Kier molecular flexibility index (Phi) is 5.82. The maximum absolute atomic E-state index is 12.6. The number of ether oxygens (including phenoxy) is 2. The zero-order chi connectivity index (χ0) is 17.9. The van der Waals surface area contributed by atoms with E-state index in [2.05, 4.69) is 5.32 Å². The van der Waals surface area contributed by atoms with Gasteiger partial charge in [0.25, 0.3) is 5.91 Å². The third-order valence-electron chi connectivity index (χ3n) is 3.54. The van der Waals surface area contributed by atoms with Crippen LogP contribution in [0.25, 0.3) is 0 Å². The number of carbonyl (C=O) groups is 1. The number of alkyl halides is 3. The van der Waals surface area contributed by atoms with Crippen molar-refractivity contribution < 1.29 is 32.5 Å². The van der Waals surface area contributed by atoms with Gasteiger partial charge in [-0.2, -0.15) is 13.2 Å². The van der Waals surface area contributed by atoms with Gasteiger partial charge in [-0.1, -0.05) is 18.5 Å². The molecule has 1 aliphatic heterocycles. The first kappa shape index (κ1) is 18.7. The Morgan fingerprint density at radius 3 is 2.67 bits per heavy atom. The molecule has 1 aromatic rings. The summed E-state index contributed by atoms with van der Waals surface area (Å²) in [6.07, 6.45) is -6.93. The Hall–Kier alpha value is -1.67. The Bertz CT molecular complexity index is 609. The fourth-order valence-electron chi connectivity index (χ4n) is 2.25. The molecule has 24 heavy (non-hydrogen) atoms. The molecule has 0 saturated heterocycles. The van der Waals surface area contributed by atoms with Crippen molar-refractivity contribution in [1.82, 2.24) is 5.32 Å². The van der Waals surface area contributed by atoms with E-state index in [-0.39, 0.29) is 22.8 Å². The highest BCUT2D eigenvalue weighted by Gasteiger charge is 2.43. The summed E-state index contributed by atoms with van der Waals surface area (Å²) in [6.45, 7) is 2.22. The van der Waals surface area contributed by atoms with Crippen LogP contribution in [-0.4, -0.2) is 42.5 Å². The first-order valence-corrected chi connectivity index (χ1v) is 7.76. The predicted octanol–water partition coefficient (Wildman–Crippen LogP) is 2.93. The minimum atomic E-state index is -4.82. The molecule has 0 fully saturated rings. The second-order valence-electron chi connectivity index (χ2n) is 5.31. The molecule has 0 bridgehead atoms. The zero-order valence-corrected chi connectivity index (χ0v) is 13.6. The lowest BCUT2D eigenvalue weighted by Crippen LogP contribution is -2.49. The summed E-state index contributed by atoms with van der Waals surface area (Å²) in [7, 11) is 0. The van der Waals surface area contributed by atoms with Gasteiger partial charge in [-0.3, -0.25) is 4.79 Å². The predicted molar refractivity (Wildman–Crippen MR) is 80.7 cm³/mol. The molecule has 0 aliphatic carbocycles. The van der Waals surface area contributed by atoms with Gasteiger partial charge < -0.3 is 19.9 Å². The van der Waals surface area contributed by atoms with Crippen LogP contribution in [-0.2, 0) is 0 Å². The quantitative estimate of drug-likeness (QED) is 0.858. The lowest BCUT2D eigenvalue weighted by molar-refractivity contribution is -0.211. The van der Waals surface area contributed by atoms with Crippen molar-refractivity contribution in [3.63, 3.8) is 0 Å². The van der Waals surface area contributed by atoms with Gasteiger partial charge >= 0.3 is 6.18 Å². The van der Waals surface area contributed by atoms with Crippen molar-refractivity contribution in [2.75, 3.05) is 13.2 Å². The van der Waals surface area contributed by atoms with Crippen molar-refractivity contribution in [3.8, 4) is 11.5 Å². The zero-order valence-electron chi connectivity index (χ0n) is 12.8. The standard InChI is InChI=1S/C15H17ClF3NO4/c1-2-10(13(21)15(17,18)19)20-14(22)8-6-9(16)12-11(7-8)23-4-3-5-24-12/h6-7,10,13,21H,2-5H2,1H3,(H,20,22)/t10-,13-/m1/s1. The van der Waals surface area contributed by atoms with Crippen molar-refractivity contribution in [3.05, 3.63) is 22.7 Å². The van der Waals surface area contributed by atoms with E-state index < -0.39 is 24.2 Å². The van der Waals surface area contributed by atoms with Crippen molar-refractivity contribution in [1.29, 1.82) is 0 Å². The van der Waals surface area contributed by atoms with Gasteiger partial charge in [0.2, 0.25) is 0 Å². The van der Waals surface area contributed by atoms with Crippen LogP contribution in [0.1, 0.15) is 30.1 Å². The number of carbonyl (C=O) groups excluding carboxylic acids is 1. The van der Waals surface area contributed by atoms with E-state index in [1.54, 1.807) is 0 Å². The minimum Gasteiger partial charge on any atom is -0.489 e. The second kappa shape index (κ2) is 7.48. The summed E-state index contributed by atoms with van der Waals surface area (Å²) in [5, 5.41) is 11.6. The van der Waals surface area contributed by atoms with E-state index in [1.807, 2.05) is 0 Å². The number of fused-ring (bicyclic) bond motifs is 1. The number of hydrogen-bond donors (Lipinski definition) is 2. The molecule has 9 heteroatoms. The minimum absolute atomic E-state index is 0.0251. The topological polar surface area (TPSA) is 67.8 Å². The molecule has 0 spiro atoms. The molecule has 0 aromatic heterocycles. The van der Waals surface area contributed by atoms with Gasteiger partial charge in [0.1, 0.15) is 0 Å². The van der Waals surface area contributed by atoms with Gasteiger partial charge in [0.05, 0.1) is 24.3 Å². The van der Waals surface area contributed by atoms with Crippen LogP contribution in [0.2, 0.25) is 5.02 Å². The number of benzene rings is 1. The average molecular weight is 368 g/mol. The van der Waals surface area contributed by atoms with Gasteiger partial charge in [0.15, 0.2) is 17.6 Å². The summed E-state index contributed by atoms with van der Waals surface area (Å²) in [5.74, 6) is -0.231. The highest BCUT2D eigenvalue weighted by Crippen LogP contribution is 2.38. The smallest absolute Gasteiger partial charge is 0.416 e. The number of halogens is 4. The first-order valence-electron chi connectivity index (χ1n) is 7.38. The molecule has 2 rings (SSSR count). The molecule has 1 amide bonds. The number of rotatable bonds is 4. The summed E-state index contributed by atoms with van der Waals surface area (Å²) < 4.78 is 48.7. The third kappa shape index (κ3) is 4.24. The second-order valence-corrected chi connectivity index (χ2v) is 5.72. The largest absolute Gasteiger partial charge is 0.489 e. The summed E-state index contributed by atoms with van der Waals surface area (Å²) in [6, 6.07) is 1.18. The molecule has 1 aromatic carbocycles. The van der Waals surface area contributed by atoms with Crippen molar-refractivity contribution in [2.24, 2.45) is 0 Å². The van der Waals surface area contributed by atoms with E-state index >= 15 is 0 Å². The molecule has 1 aliphatic rings. The highest BCUT2D eigenvalue weighted by molar-refractivity contribution is 6.32. The molecule has 0 saturated carbocycles. The Morgan fingerprint density at radius 1 is 1.38 bits per heavy atom. The number of nitrogens with one attached hydrogen (secondary N) is 1. The fourth-order valence-corrected chi connectivity index (χ4v) is 2.51. The van der Waals surface area contributed by atoms with Gasteiger partial charge in [0, 0.05) is 12.0 Å². The van der Waals surface area contributed by atoms with Gasteiger partial charge in [-0.25, -0.2) is 0 Å². The lowest BCUT2D eigenvalue weighted by Gasteiger charge is -2.25. The monoisotopic (exact) mass is 367 g/mol. The maximum atomic E-state index is 12.6. The molecule has 0 radical (unpaired) electrons. The molecule has 2 atom stereocenters. The van der Waals surface area contributed by atoms with E-state index in [0.29, 0.717) is 25.4 Å². The number of aliphatic hydroxyl groups is 1. The molecule has 1 heterocycles. The Balaban J connectivity index is 2.20. The highest BCUT2D eigenvalue weighted by atomic mass is 35.5. The van der Waals surface area contributed by atoms with E-state index in [4.69, 9.17) is 21.1 Å². The summed E-state index contributed by atoms with van der Waals surface area (Å²) >= 11 is 6.06. The van der Waals surface area contributed by atoms with Crippen LogP contribution >= 0.6 is 11.6 Å². The van der Waals surface area contributed by atoms with Gasteiger partial charge in [-0.05, 0) is 18.6 Å². The number of hydrogen-bond acceptors (Lipinski definition) is 4. The summed E-state index contributed by atoms with van der Waals surface area (Å²) in [5.41, 5.74) is 0.0251. The molecule has 2 N–H and O–H groups in total. The van der Waals surface area contributed by atoms with Crippen LogP contribution in [0.3, 0.4) is 0 Å². The molecule has 5 nitrogen and oxygen atoms in total. The van der Waals surface area contributed by atoms with Crippen LogP contribution in [0.5, 0.6) is 11.5 Å². The average Bonchev–Trinajstić information content (AvgIpc) is 2.76. The van der Waals surface area contributed by atoms with E-state index in [1.165, 1.54) is 19.1 Å². The number of aliphatic hydroxyl groups excluding tert-OH is 1. The van der Waals surface area contributed by atoms with Crippen molar-refractivity contribution in [2.45, 2.75) is 38.1 Å². The first-order chi connectivity index (χ1) is 11.2. The van der Waals surface area contributed by atoms with Crippen LogP contribution in [0.4, 0.5) is 13.2 Å². The Labute approximate surface area is 141 Å². The molecular formula is C15H17ClF3NO4. The lowest BCUT2D eigenvalue weighted by atomic mass is 10.1. The normalized spacial score (nSPS) is 16.9. The molecule has 0 unspecified atom stereocenters. The maximum Gasteiger partial charge on any atom is 0.416 e. The fraction of sp³-hybridized carbons (Fsp3) is 0.533. The molecule has 134 valence electrons. The molecular weight excluding hydrogens is 351 g/mol. The van der Waals surface area contributed by atoms with E-state index in [9.17, 15) is 23.1 Å². The van der Waals surface area contributed by atoms with Gasteiger partial charge in [-0.15, -0.1) is 0 Å². The number of amides is 1. The Morgan fingerprint density at radius 2 is 2.04 bits per heavy atom. The van der Waals surface area contributed by atoms with Crippen molar-refractivity contribution >= 4 is 17.5 Å². The van der Waals surface area contributed by atoms with Crippen LogP contribution in [0, 0.1) is 0 Å². The van der Waals surface area contributed by atoms with E-state index in [0.717, 1.165) is 0 Å². The summed E-state index contributed by atoms with van der Waals surface area (Å²) in [4.78, 5) is 12.2. The van der Waals surface area contributed by atoms with Crippen LogP contribution in [0.15, 0.2) is 12.1 Å². The third-order valence-corrected chi connectivity index (χ3v) is 3.82. The SMILES string of the molecule is CC[C@@H](NC(=O)c1cc(Cl)c2c(c1)OCCCO2)[C@@H](O)C(F)(F)F. The van der Waals surface area contributed by atoms with Crippen LogP contribution < -0.4 is 14.8 Å².